The summed E-state index contributed by atoms with van der Waals surface area (Å²) >= 11 is 7.58. The number of carbonyl (C=O) groups is 2. The molecule has 3 aromatic rings. The Kier molecular flexibility index (Phi) is 7.66. The number of anilines is 2. The molecule has 0 bridgehead atoms. The number of carboxylic acids is 1. The van der Waals surface area contributed by atoms with Crippen molar-refractivity contribution >= 4 is 46.7 Å². The van der Waals surface area contributed by atoms with Crippen molar-refractivity contribution in [3.05, 3.63) is 76.2 Å². The van der Waals surface area contributed by atoms with Gasteiger partial charge in [-0.2, -0.15) is 0 Å². The first-order valence-electron chi connectivity index (χ1n) is 9.47. The zero-order valence-electron chi connectivity index (χ0n) is 17.3. The molecule has 1 aromatic heterocycles. The lowest BCUT2D eigenvalue weighted by atomic mass is 10.2. The van der Waals surface area contributed by atoms with E-state index in [0.717, 1.165) is 5.56 Å². The van der Waals surface area contributed by atoms with E-state index in [-0.39, 0.29) is 17.5 Å². The SMILES string of the molecule is CN(C)c1nc(SCc2ccc(NC(=O)c3ccc(F)cc3)cc2)nc(Cl)c1CC(=O)O. The van der Waals surface area contributed by atoms with Gasteiger partial charge < -0.3 is 15.3 Å². The van der Waals surface area contributed by atoms with E-state index in [0.29, 0.717) is 33.5 Å². The maximum Gasteiger partial charge on any atom is 0.308 e. The summed E-state index contributed by atoms with van der Waals surface area (Å²) in [4.78, 5) is 33.7. The van der Waals surface area contributed by atoms with Crippen LogP contribution in [0.25, 0.3) is 0 Å². The largest absolute Gasteiger partial charge is 0.481 e. The second-order valence-electron chi connectivity index (χ2n) is 7.01. The molecule has 0 saturated carbocycles. The van der Waals surface area contributed by atoms with Gasteiger partial charge in [-0.1, -0.05) is 35.5 Å². The lowest BCUT2D eigenvalue weighted by Crippen LogP contribution is -2.17. The summed E-state index contributed by atoms with van der Waals surface area (Å²) in [7, 11) is 3.52. The average Bonchev–Trinajstić information content (AvgIpc) is 2.74. The molecule has 0 aliphatic carbocycles. The Balaban J connectivity index is 1.65. The predicted octanol–water partition coefficient (Wildman–Crippen LogP) is 4.51. The molecular formula is C22H20ClFN4O3S. The molecule has 32 heavy (non-hydrogen) atoms. The molecular weight excluding hydrogens is 455 g/mol. The van der Waals surface area contributed by atoms with Crippen LogP contribution in [0.1, 0.15) is 21.5 Å². The third kappa shape index (κ3) is 6.18. The third-order valence-corrected chi connectivity index (χ3v) is 5.58. The van der Waals surface area contributed by atoms with Crippen molar-refractivity contribution in [2.75, 3.05) is 24.3 Å². The van der Waals surface area contributed by atoms with E-state index in [1.54, 1.807) is 31.1 Å². The molecule has 1 amide bonds. The third-order valence-electron chi connectivity index (χ3n) is 4.35. The number of nitrogens with zero attached hydrogens (tertiary/aromatic N) is 3. The smallest absolute Gasteiger partial charge is 0.308 e. The average molecular weight is 475 g/mol. The van der Waals surface area contributed by atoms with E-state index < -0.39 is 11.8 Å². The first kappa shape index (κ1) is 23.5. The Morgan fingerprint density at radius 3 is 2.34 bits per heavy atom. The van der Waals surface area contributed by atoms with Crippen molar-refractivity contribution in [1.29, 1.82) is 0 Å². The topological polar surface area (TPSA) is 95.4 Å². The molecule has 0 aliphatic rings. The Morgan fingerprint density at radius 1 is 1.09 bits per heavy atom. The van der Waals surface area contributed by atoms with E-state index in [9.17, 15) is 14.0 Å². The van der Waals surface area contributed by atoms with Crippen LogP contribution in [-0.4, -0.2) is 41.0 Å². The van der Waals surface area contributed by atoms with E-state index in [2.05, 4.69) is 15.3 Å². The highest BCUT2D eigenvalue weighted by Gasteiger charge is 2.18. The van der Waals surface area contributed by atoms with Gasteiger partial charge >= 0.3 is 5.97 Å². The van der Waals surface area contributed by atoms with Gasteiger partial charge in [0.05, 0.1) is 6.42 Å². The highest BCUT2D eigenvalue weighted by Crippen LogP contribution is 2.29. The number of amides is 1. The molecule has 0 fully saturated rings. The van der Waals surface area contributed by atoms with Gasteiger partial charge in [0.25, 0.3) is 5.91 Å². The number of benzene rings is 2. The van der Waals surface area contributed by atoms with Gasteiger partial charge in [-0.25, -0.2) is 14.4 Å². The highest BCUT2D eigenvalue weighted by atomic mass is 35.5. The van der Waals surface area contributed by atoms with Crippen LogP contribution in [0.2, 0.25) is 5.15 Å². The lowest BCUT2D eigenvalue weighted by molar-refractivity contribution is -0.136. The molecule has 7 nitrogen and oxygen atoms in total. The number of nitrogens with one attached hydrogen (secondary N) is 1. The van der Waals surface area contributed by atoms with E-state index in [1.807, 2.05) is 12.1 Å². The van der Waals surface area contributed by atoms with Gasteiger partial charge in [0.2, 0.25) is 0 Å². The minimum Gasteiger partial charge on any atom is -0.481 e. The van der Waals surface area contributed by atoms with Gasteiger partial charge in [0.1, 0.15) is 16.8 Å². The maximum atomic E-state index is 13.0. The minimum atomic E-state index is -1.01. The highest BCUT2D eigenvalue weighted by molar-refractivity contribution is 7.98. The maximum absolute atomic E-state index is 13.0. The quantitative estimate of drug-likeness (QED) is 0.282. The molecule has 10 heteroatoms. The molecule has 0 atom stereocenters. The lowest BCUT2D eigenvalue weighted by Gasteiger charge is -2.17. The Hall–Kier alpha value is -3.17. The van der Waals surface area contributed by atoms with Crippen LogP contribution in [0, 0.1) is 5.82 Å². The molecule has 0 saturated heterocycles. The van der Waals surface area contributed by atoms with Crippen molar-refractivity contribution < 1.29 is 19.1 Å². The Labute approximate surface area is 193 Å². The standard InChI is InChI=1S/C22H20ClFN4O3S/c1-28(2)20-17(11-18(29)30)19(23)26-22(27-20)32-12-13-3-9-16(10-4-13)25-21(31)14-5-7-15(24)8-6-14/h3-10H,11-12H2,1-2H3,(H,25,31)(H,29,30). The summed E-state index contributed by atoms with van der Waals surface area (Å²) < 4.78 is 13.0. The van der Waals surface area contributed by atoms with E-state index in [1.165, 1.54) is 36.0 Å². The molecule has 0 unspecified atom stereocenters. The fourth-order valence-corrected chi connectivity index (χ4v) is 3.88. The minimum absolute atomic E-state index is 0.118. The van der Waals surface area contributed by atoms with E-state index in [4.69, 9.17) is 16.7 Å². The van der Waals surface area contributed by atoms with Crippen LogP contribution < -0.4 is 10.2 Å². The molecule has 0 spiro atoms. The summed E-state index contributed by atoms with van der Waals surface area (Å²) in [5.74, 6) is -0.719. The molecule has 0 radical (unpaired) electrons. The van der Waals surface area contributed by atoms with Gasteiger partial charge in [-0.15, -0.1) is 0 Å². The number of aromatic nitrogens is 2. The Morgan fingerprint density at radius 2 is 1.75 bits per heavy atom. The molecule has 3 rings (SSSR count). The first-order chi connectivity index (χ1) is 15.2. The number of hydrogen-bond acceptors (Lipinski definition) is 6. The molecule has 166 valence electrons. The van der Waals surface area contributed by atoms with Crippen molar-refractivity contribution in [2.24, 2.45) is 0 Å². The number of carbonyl (C=O) groups excluding carboxylic acids is 1. The predicted molar refractivity (Wildman–Crippen MR) is 123 cm³/mol. The first-order valence-corrected chi connectivity index (χ1v) is 10.8. The summed E-state index contributed by atoms with van der Waals surface area (Å²) in [5, 5.41) is 12.4. The van der Waals surface area contributed by atoms with E-state index >= 15 is 0 Å². The number of rotatable bonds is 8. The van der Waals surface area contributed by atoms with Gasteiger partial charge in [0, 0.05) is 36.7 Å². The van der Waals surface area contributed by atoms with Crippen LogP contribution in [-0.2, 0) is 17.0 Å². The van der Waals surface area contributed by atoms with Gasteiger partial charge in [-0.05, 0) is 42.0 Å². The second kappa shape index (κ2) is 10.4. The molecule has 1 heterocycles. The molecule has 0 aliphatic heterocycles. The van der Waals surface area contributed by atoms with Crippen molar-refractivity contribution in [1.82, 2.24) is 9.97 Å². The monoisotopic (exact) mass is 474 g/mol. The van der Waals surface area contributed by atoms with Crippen molar-refractivity contribution in [2.45, 2.75) is 17.3 Å². The zero-order valence-corrected chi connectivity index (χ0v) is 18.9. The molecule has 2 aromatic carbocycles. The number of aliphatic carboxylic acids is 1. The van der Waals surface area contributed by atoms with Gasteiger partial charge in [0.15, 0.2) is 5.16 Å². The fourth-order valence-electron chi connectivity index (χ4n) is 2.80. The molecule has 2 N–H and O–H groups in total. The number of hydrogen-bond donors (Lipinski definition) is 2. The van der Waals surface area contributed by atoms with Crippen LogP contribution in [0.15, 0.2) is 53.7 Å². The summed E-state index contributed by atoms with van der Waals surface area (Å²) in [5.41, 5.74) is 2.31. The summed E-state index contributed by atoms with van der Waals surface area (Å²) in [6, 6.07) is 12.6. The van der Waals surface area contributed by atoms with Crippen LogP contribution in [0.5, 0.6) is 0 Å². The van der Waals surface area contributed by atoms with Crippen LogP contribution in [0.3, 0.4) is 0 Å². The van der Waals surface area contributed by atoms with Crippen molar-refractivity contribution in [3.63, 3.8) is 0 Å². The number of thioether (sulfide) groups is 1. The summed E-state index contributed by atoms with van der Waals surface area (Å²) in [6.07, 6.45) is -0.262. The number of carboxylic acid groups (broad SMARTS) is 1. The fraction of sp³-hybridized carbons (Fsp3) is 0.182. The van der Waals surface area contributed by atoms with Crippen LogP contribution >= 0.6 is 23.4 Å². The Bertz CT molecular complexity index is 1130. The zero-order chi connectivity index (χ0) is 23.3. The van der Waals surface area contributed by atoms with Crippen LogP contribution in [0.4, 0.5) is 15.9 Å². The van der Waals surface area contributed by atoms with Crippen molar-refractivity contribution in [3.8, 4) is 0 Å². The normalized spacial score (nSPS) is 10.6. The van der Waals surface area contributed by atoms with Gasteiger partial charge in [-0.3, -0.25) is 9.59 Å². The number of halogens is 2. The second-order valence-corrected chi connectivity index (χ2v) is 8.31. The summed E-state index contributed by atoms with van der Waals surface area (Å²) in [6.45, 7) is 0.